The van der Waals surface area contributed by atoms with Gasteiger partial charge in [-0.2, -0.15) is 0 Å². The van der Waals surface area contributed by atoms with E-state index in [4.69, 9.17) is 25.8 Å². The average molecular weight is 515 g/mol. The molecule has 7 nitrogen and oxygen atoms in total. The molecule has 2 aromatic carbocycles. The molecule has 1 aromatic heterocycles. The van der Waals surface area contributed by atoms with Crippen molar-refractivity contribution in [1.29, 1.82) is 0 Å². The number of benzene rings is 2. The number of aliphatic hydroxyl groups is 1. The van der Waals surface area contributed by atoms with Crippen molar-refractivity contribution in [1.82, 2.24) is 9.47 Å². The standard InChI is InChI=1S/C28H29ClN2O5.3H2/c1-34-25-16-18(7-10-23(25)35-22-5-2-4-21(22)32)27(33)30-14-11-28(12-15-30)26-6-3-13-31(26)20-9-8-19(29)17-24(20)36-28;;;/h3,6-10,13,16-17,21-22,32H,2,4-5,11-12,14-15H2,1H3;3*1H/t21-,22-;;;/m1.../s1. The lowest BCUT2D eigenvalue weighted by atomic mass is 9.86. The molecule has 1 N–H and O–H groups in total. The van der Waals surface area contributed by atoms with E-state index in [9.17, 15) is 9.90 Å². The topological polar surface area (TPSA) is 73.2 Å². The predicted molar refractivity (Wildman–Crippen MR) is 142 cm³/mol. The van der Waals surface area contributed by atoms with Gasteiger partial charge in [-0.05, 0) is 61.7 Å². The summed E-state index contributed by atoms with van der Waals surface area (Å²) in [7, 11) is 1.56. The van der Waals surface area contributed by atoms with Crippen LogP contribution < -0.4 is 14.2 Å². The number of likely N-dealkylation sites (tertiary alicyclic amines) is 1. The number of methoxy groups -OCH3 is 1. The van der Waals surface area contributed by atoms with E-state index in [2.05, 4.69) is 10.6 Å². The van der Waals surface area contributed by atoms with E-state index in [1.165, 1.54) is 0 Å². The highest BCUT2D eigenvalue weighted by atomic mass is 35.5. The van der Waals surface area contributed by atoms with Crippen molar-refractivity contribution < 1.29 is 28.4 Å². The second-order valence-corrected chi connectivity index (χ2v) is 10.2. The number of aliphatic hydroxyl groups excluding tert-OH is 1. The van der Waals surface area contributed by atoms with Gasteiger partial charge in [0.15, 0.2) is 17.1 Å². The first kappa shape index (κ1) is 23.3. The van der Waals surface area contributed by atoms with Crippen molar-refractivity contribution in [2.24, 2.45) is 0 Å². The van der Waals surface area contributed by atoms with Gasteiger partial charge in [-0.25, -0.2) is 0 Å². The van der Waals surface area contributed by atoms with Gasteiger partial charge in [-0.15, -0.1) is 0 Å². The molecule has 1 aliphatic carbocycles. The number of fused-ring (bicyclic) bond motifs is 4. The maximum absolute atomic E-state index is 13.4. The predicted octanol–water partition coefficient (Wildman–Crippen LogP) is 5.69. The number of carbonyl (C=O) groups excluding carboxylic acids is 1. The van der Waals surface area contributed by atoms with E-state index < -0.39 is 11.7 Å². The molecule has 2 aliphatic heterocycles. The maximum Gasteiger partial charge on any atom is 0.253 e. The Labute approximate surface area is 219 Å². The molecule has 194 valence electrons. The molecule has 1 amide bonds. The molecule has 6 rings (SSSR count). The summed E-state index contributed by atoms with van der Waals surface area (Å²) in [6, 6.07) is 15.1. The third-order valence-electron chi connectivity index (χ3n) is 7.67. The smallest absolute Gasteiger partial charge is 0.253 e. The van der Waals surface area contributed by atoms with E-state index in [0.29, 0.717) is 48.0 Å². The van der Waals surface area contributed by atoms with Crippen molar-refractivity contribution in [2.75, 3.05) is 20.2 Å². The Balaban J connectivity index is 0.00000140. The van der Waals surface area contributed by atoms with Crippen LogP contribution >= 0.6 is 11.6 Å². The second-order valence-electron chi connectivity index (χ2n) is 9.78. The number of piperidine rings is 1. The summed E-state index contributed by atoms with van der Waals surface area (Å²) in [5.74, 6) is 1.76. The molecule has 8 heteroatoms. The molecule has 0 radical (unpaired) electrons. The van der Waals surface area contributed by atoms with E-state index in [0.717, 1.165) is 36.4 Å². The van der Waals surface area contributed by atoms with Crippen LogP contribution in [-0.2, 0) is 5.60 Å². The van der Waals surface area contributed by atoms with Gasteiger partial charge in [0, 0.05) is 53.1 Å². The first-order chi connectivity index (χ1) is 17.5. The molecule has 36 heavy (non-hydrogen) atoms. The van der Waals surface area contributed by atoms with Crippen LogP contribution in [0.15, 0.2) is 54.7 Å². The highest BCUT2D eigenvalue weighted by Gasteiger charge is 2.44. The molecular formula is C28H35ClN2O5. The summed E-state index contributed by atoms with van der Waals surface area (Å²) >= 11 is 6.25. The Bertz CT molecular complexity index is 1310. The monoisotopic (exact) mass is 514 g/mol. The molecule has 3 heterocycles. The van der Waals surface area contributed by atoms with Crippen LogP contribution in [0.25, 0.3) is 5.69 Å². The van der Waals surface area contributed by atoms with Crippen LogP contribution in [0.2, 0.25) is 5.02 Å². The number of hydrogen-bond donors (Lipinski definition) is 1. The second kappa shape index (κ2) is 9.05. The number of halogens is 1. The molecule has 2 atom stereocenters. The summed E-state index contributed by atoms with van der Waals surface area (Å²) in [6.07, 6.45) is 5.17. The summed E-state index contributed by atoms with van der Waals surface area (Å²) in [4.78, 5) is 15.3. The SMILES string of the molecule is COc1cc(C(=O)N2CCC3(CC2)Oc2cc(Cl)ccc2-n2cccc23)ccc1O[C@@H]1CCC[C@H]1O.[HH].[HH].[HH]. The molecule has 1 saturated heterocycles. The molecule has 0 bridgehead atoms. The van der Waals surface area contributed by atoms with Gasteiger partial charge in [0.25, 0.3) is 5.91 Å². The van der Waals surface area contributed by atoms with Gasteiger partial charge in [0.1, 0.15) is 11.9 Å². The molecule has 1 saturated carbocycles. The highest BCUT2D eigenvalue weighted by Crippen LogP contribution is 2.46. The number of ether oxygens (including phenoxy) is 3. The Kier molecular flexibility index (Phi) is 5.85. The third kappa shape index (κ3) is 3.91. The molecule has 1 spiro atoms. The van der Waals surface area contributed by atoms with Crippen LogP contribution in [0, 0.1) is 0 Å². The van der Waals surface area contributed by atoms with Crippen molar-refractivity contribution in [3.63, 3.8) is 0 Å². The number of amides is 1. The Morgan fingerprint density at radius 3 is 2.72 bits per heavy atom. The first-order valence-electron chi connectivity index (χ1n) is 12.5. The van der Waals surface area contributed by atoms with E-state index >= 15 is 0 Å². The fraction of sp³-hybridized carbons (Fsp3) is 0.393. The quantitative estimate of drug-likeness (QED) is 0.484. The zero-order valence-electron chi connectivity index (χ0n) is 20.2. The van der Waals surface area contributed by atoms with Crippen LogP contribution in [0.4, 0.5) is 0 Å². The van der Waals surface area contributed by atoms with E-state index in [1.54, 1.807) is 25.3 Å². The van der Waals surface area contributed by atoms with Gasteiger partial charge in [0.05, 0.1) is 24.6 Å². The van der Waals surface area contributed by atoms with Crippen molar-refractivity contribution in [2.45, 2.75) is 49.9 Å². The van der Waals surface area contributed by atoms with Gasteiger partial charge in [-0.3, -0.25) is 4.79 Å². The molecule has 3 aromatic rings. The fourth-order valence-corrected chi connectivity index (χ4v) is 5.87. The Hall–Kier alpha value is -3.16. The lowest BCUT2D eigenvalue weighted by Crippen LogP contribution is -2.50. The molecule has 2 fully saturated rings. The fourth-order valence-electron chi connectivity index (χ4n) is 5.71. The number of carbonyl (C=O) groups is 1. The minimum atomic E-state index is -0.504. The molecular weight excluding hydrogens is 480 g/mol. The van der Waals surface area contributed by atoms with Crippen LogP contribution in [0.1, 0.15) is 52.4 Å². The average Bonchev–Trinajstić information content (AvgIpc) is 3.54. The number of rotatable bonds is 4. The largest absolute Gasteiger partial charge is 0.493 e. The zero-order valence-corrected chi connectivity index (χ0v) is 20.9. The third-order valence-corrected chi connectivity index (χ3v) is 7.90. The number of aromatic nitrogens is 1. The Morgan fingerprint density at radius 2 is 1.97 bits per heavy atom. The normalized spacial score (nSPS) is 22.0. The van der Waals surface area contributed by atoms with Gasteiger partial charge >= 0.3 is 0 Å². The van der Waals surface area contributed by atoms with Crippen LogP contribution in [-0.4, -0.2) is 52.9 Å². The highest BCUT2D eigenvalue weighted by molar-refractivity contribution is 6.30. The van der Waals surface area contributed by atoms with Crippen molar-refractivity contribution in [3.8, 4) is 22.9 Å². The maximum atomic E-state index is 13.4. The minimum absolute atomic E-state index is 0. The van der Waals surface area contributed by atoms with Gasteiger partial charge in [-0.1, -0.05) is 11.6 Å². The van der Waals surface area contributed by atoms with E-state index in [-0.39, 0.29) is 16.3 Å². The lowest BCUT2D eigenvalue weighted by Gasteiger charge is -2.45. The summed E-state index contributed by atoms with van der Waals surface area (Å²) in [5.41, 5.74) is 2.12. The van der Waals surface area contributed by atoms with E-state index in [1.807, 2.05) is 35.4 Å². The van der Waals surface area contributed by atoms with Crippen molar-refractivity contribution in [3.05, 3.63) is 71.0 Å². The number of nitrogens with zero attached hydrogens (tertiary/aromatic N) is 2. The van der Waals surface area contributed by atoms with Crippen LogP contribution in [0.5, 0.6) is 17.2 Å². The Morgan fingerprint density at radius 1 is 1.14 bits per heavy atom. The molecule has 0 unspecified atom stereocenters. The summed E-state index contributed by atoms with van der Waals surface area (Å²) in [5, 5.41) is 10.7. The first-order valence-corrected chi connectivity index (χ1v) is 12.8. The minimum Gasteiger partial charge on any atom is -0.493 e. The summed E-state index contributed by atoms with van der Waals surface area (Å²) in [6.45, 7) is 1.13. The summed E-state index contributed by atoms with van der Waals surface area (Å²) < 4.78 is 20.3. The zero-order chi connectivity index (χ0) is 24.9. The number of hydrogen-bond acceptors (Lipinski definition) is 5. The molecule has 3 aliphatic rings. The van der Waals surface area contributed by atoms with Crippen LogP contribution in [0.3, 0.4) is 0 Å². The van der Waals surface area contributed by atoms with Gasteiger partial charge in [0.2, 0.25) is 0 Å². The van der Waals surface area contributed by atoms with Crippen molar-refractivity contribution >= 4 is 17.5 Å². The van der Waals surface area contributed by atoms with Gasteiger partial charge < -0.3 is 28.8 Å². The lowest BCUT2D eigenvalue weighted by molar-refractivity contribution is -0.00931.